The van der Waals surface area contributed by atoms with E-state index in [0.29, 0.717) is 10.7 Å². The van der Waals surface area contributed by atoms with Crippen molar-refractivity contribution in [1.29, 1.82) is 0 Å². The Bertz CT molecular complexity index is 1110. The normalized spacial score (nSPS) is 18.8. The van der Waals surface area contributed by atoms with Crippen LogP contribution in [0.25, 0.3) is 5.76 Å². The van der Waals surface area contributed by atoms with Gasteiger partial charge in [0.15, 0.2) is 0 Å². The number of nitrogens with zero attached hydrogens (tertiary/aromatic N) is 3. The Hall–Kier alpha value is -3.32. The van der Waals surface area contributed by atoms with Crippen molar-refractivity contribution in [3.8, 4) is 0 Å². The van der Waals surface area contributed by atoms with Crippen LogP contribution in [0.2, 0.25) is 0 Å². The average molecular weight is 420 g/mol. The summed E-state index contributed by atoms with van der Waals surface area (Å²) in [5, 5.41) is 19.1. The van der Waals surface area contributed by atoms with E-state index in [1.807, 2.05) is 30.3 Å². The molecular formula is C23H21N3O3S. The first kappa shape index (κ1) is 20.0. The molecule has 30 heavy (non-hydrogen) atoms. The van der Waals surface area contributed by atoms with Gasteiger partial charge < -0.3 is 5.11 Å². The first-order chi connectivity index (χ1) is 14.3. The minimum atomic E-state index is -0.785. The van der Waals surface area contributed by atoms with E-state index in [1.54, 1.807) is 24.3 Å². The lowest BCUT2D eigenvalue weighted by molar-refractivity contribution is -0.132. The summed E-state index contributed by atoms with van der Waals surface area (Å²) in [5.74, 6) is -1.67. The van der Waals surface area contributed by atoms with E-state index in [2.05, 4.69) is 31.0 Å². The first-order valence-corrected chi connectivity index (χ1v) is 10.4. The molecule has 152 valence electrons. The van der Waals surface area contributed by atoms with Crippen molar-refractivity contribution in [1.82, 2.24) is 10.2 Å². The van der Waals surface area contributed by atoms with Crippen LogP contribution in [-0.4, -0.2) is 27.0 Å². The number of amides is 1. The summed E-state index contributed by atoms with van der Waals surface area (Å²) in [6.07, 6.45) is 0. The number of ketones is 1. The van der Waals surface area contributed by atoms with Crippen LogP contribution in [0.4, 0.5) is 5.13 Å². The van der Waals surface area contributed by atoms with Gasteiger partial charge in [0.05, 0.1) is 11.6 Å². The second kappa shape index (κ2) is 7.50. The lowest BCUT2D eigenvalue weighted by Gasteiger charge is -2.24. The van der Waals surface area contributed by atoms with E-state index in [0.717, 1.165) is 11.1 Å². The fourth-order valence-corrected chi connectivity index (χ4v) is 4.12. The van der Waals surface area contributed by atoms with Gasteiger partial charge in [0.1, 0.15) is 11.3 Å². The van der Waals surface area contributed by atoms with Gasteiger partial charge in [-0.2, -0.15) is 0 Å². The lowest BCUT2D eigenvalue weighted by Crippen LogP contribution is -2.29. The number of Topliss-reactive ketones (excluding diaryl/α,β-unsaturated/α-hetero) is 1. The van der Waals surface area contributed by atoms with Crippen molar-refractivity contribution < 1.29 is 14.7 Å². The molecule has 1 unspecified atom stereocenters. The van der Waals surface area contributed by atoms with Crippen LogP contribution in [0.15, 0.2) is 65.7 Å². The predicted octanol–water partition coefficient (Wildman–Crippen LogP) is 4.46. The molecule has 0 aliphatic carbocycles. The molecule has 2 aromatic carbocycles. The van der Waals surface area contributed by atoms with Crippen LogP contribution < -0.4 is 4.90 Å². The topological polar surface area (TPSA) is 83.4 Å². The molecule has 6 nitrogen and oxygen atoms in total. The highest BCUT2D eigenvalue weighted by molar-refractivity contribution is 7.13. The summed E-state index contributed by atoms with van der Waals surface area (Å²) in [7, 11) is 0. The summed E-state index contributed by atoms with van der Waals surface area (Å²) < 4.78 is 0. The molecule has 2 heterocycles. The molecule has 1 atom stereocenters. The van der Waals surface area contributed by atoms with Crippen LogP contribution in [-0.2, 0) is 15.0 Å². The summed E-state index contributed by atoms with van der Waals surface area (Å²) in [4.78, 5) is 27.2. The summed E-state index contributed by atoms with van der Waals surface area (Å²) in [6.45, 7) is 6.35. The largest absolute Gasteiger partial charge is 0.507 e. The maximum absolute atomic E-state index is 13.0. The summed E-state index contributed by atoms with van der Waals surface area (Å²) in [5.41, 5.74) is 3.83. The number of aliphatic hydroxyl groups is 1. The Kier molecular flexibility index (Phi) is 4.99. The van der Waals surface area contributed by atoms with Crippen molar-refractivity contribution in [3.63, 3.8) is 0 Å². The Labute approximate surface area is 178 Å². The number of hydrogen-bond donors (Lipinski definition) is 1. The van der Waals surface area contributed by atoms with E-state index in [-0.39, 0.29) is 16.7 Å². The summed E-state index contributed by atoms with van der Waals surface area (Å²) in [6, 6.07) is 15.7. The lowest BCUT2D eigenvalue weighted by atomic mass is 9.85. The number of aromatic nitrogens is 2. The molecule has 1 amide bonds. The molecule has 1 aromatic heterocycles. The monoisotopic (exact) mass is 419 g/mol. The van der Waals surface area contributed by atoms with E-state index in [4.69, 9.17) is 0 Å². The van der Waals surface area contributed by atoms with Gasteiger partial charge in [-0.1, -0.05) is 86.7 Å². The van der Waals surface area contributed by atoms with Crippen molar-refractivity contribution in [2.75, 3.05) is 4.90 Å². The third kappa shape index (κ3) is 3.41. The highest BCUT2D eigenvalue weighted by atomic mass is 32.1. The molecule has 1 saturated heterocycles. The smallest absolute Gasteiger partial charge is 0.301 e. The second-order valence-electron chi connectivity index (χ2n) is 8.13. The van der Waals surface area contributed by atoms with Crippen LogP contribution in [0.1, 0.15) is 43.5 Å². The molecule has 1 N–H and O–H groups in total. The maximum Gasteiger partial charge on any atom is 0.301 e. The molecule has 1 fully saturated rings. The van der Waals surface area contributed by atoms with Crippen LogP contribution in [0.3, 0.4) is 0 Å². The Morgan fingerprint density at radius 3 is 2.27 bits per heavy atom. The van der Waals surface area contributed by atoms with E-state index < -0.39 is 17.7 Å². The van der Waals surface area contributed by atoms with Crippen molar-refractivity contribution in [2.45, 2.75) is 32.2 Å². The maximum atomic E-state index is 13.0. The van der Waals surface area contributed by atoms with Crippen molar-refractivity contribution in [2.24, 2.45) is 0 Å². The van der Waals surface area contributed by atoms with Crippen LogP contribution in [0, 0.1) is 0 Å². The summed E-state index contributed by atoms with van der Waals surface area (Å²) >= 11 is 1.17. The van der Waals surface area contributed by atoms with Crippen LogP contribution >= 0.6 is 11.3 Å². The Morgan fingerprint density at radius 1 is 1.03 bits per heavy atom. The zero-order valence-electron chi connectivity index (χ0n) is 16.9. The molecular weight excluding hydrogens is 398 g/mol. The van der Waals surface area contributed by atoms with Gasteiger partial charge in [-0.15, -0.1) is 10.2 Å². The number of aliphatic hydroxyl groups excluding tert-OH is 1. The molecule has 1 aliphatic rings. The third-order valence-electron chi connectivity index (χ3n) is 5.14. The quantitative estimate of drug-likeness (QED) is 0.385. The highest BCUT2D eigenvalue weighted by Crippen LogP contribution is 2.42. The van der Waals surface area contributed by atoms with Gasteiger partial charge in [0.2, 0.25) is 5.13 Å². The van der Waals surface area contributed by atoms with Gasteiger partial charge in [-0.05, 0) is 16.5 Å². The third-order valence-corrected chi connectivity index (χ3v) is 5.83. The molecule has 0 spiro atoms. The predicted molar refractivity (Wildman–Crippen MR) is 116 cm³/mol. The van der Waals surface area contributed by atoms with Crippen molar-refractivity contribution >= 4 is 33.9 Å². The van der Waals surface area contributed by atoms with Gasteiger partial charge in [-0.25, -0.2) is 0 Å². The molecule has 7 heteroatoms. The number of anilines is 1. The minimum absolute atomic E-state index is 0.0381. The number of benzene rings is 2. The molecule has 4 rings (SSSR count). The zero-order valence-corrected chi connectivity index (χ0v) is 17.7. The molecule has 3 aromatic rings. The zero-order chi connectivity index (χ0) is 21.5. The number of rotatable bonds is 3. The number of carbonyl (C=O) groups excluding carboxylic acids is 2. The number of carbonyl (C=O) groups is 2. The standard InChI is InChI=1S/C23H21N3O3S/c1-23(2,3)16-11-9-14(10-12-16)18-17(19(27)15-7-5-4-6-8-15)20(28)21(29)26(18)22-25-24-13-30-22/h4-13,18,27H,1-3H3/b19-17+. The second-order valence-corrected chi connectivity index (χ2v) is 8.94. The van der Waals surface area contributed by atoms with Crippen LogP contribution in [0.5, 0.6) is 0 Å². The van der Waals surface area contributed by atoms with Gasteiger partial charge >= 0.3 is 5.91 Å². The van der Waals surface area contributed by atoms with E-state index in [9.17, 15) is 14.7 Å². The van der Waals surface area contributed by atoms with Gasteiger partial charge in [-0.3, -0.25) is 14.5 Å². The molecule has 0 bridgehead atoms. The molecule has 0 saturated carbocycles. The molecule has 1 aliphatic heterocycles. The SMILES string of the molecule is CC(C)(C)c1ccc(C2/C(=C(\O)c3ccccc3)C(=O)C(=O)N2c2nncs2)cc1. The fraction of sp³-hybridized carbons (Fsp3) is 0.217. The molecule has 0 radical (unpaired) electrons. The average Bonchev–Trinajstić information content (AvgIpc) is 3.35. The first-order valence-electron chi connectivity index (χ1n) is 9.52. The van der Waals surface area contributed by atoms with E-state index in [1.165, 1.54) is 21.7 Å². The minimum Gasteiger partial charge on any atom is -0.507 e. The van der Waals surface area contributed by atoms with Gasteiger partial charge in [0.25, 0.3) is 5.78 Å². The number of hydrogen-bond acceptors (Lipinski definition) is 6. The van der Waals surface area contributed by atoms with E-state index >= 15 is 0 Å². The Morgan fingerprint density at radius 2 is 1.70 bits per heavy atom. The van der Waals surface area contributed by atoms with Crippen molar-refractivity contribution in [3.05, 3.63) is 82.4 Å². The van der Waals surface area contributed by atoms with Gasteiger partial charge in [0, 0.05) is 5.56 Å². The Balaban J connectivity index is 1.90. The highest BCUT2D eigenvalue weighted by Gasteiger charge is 2.48. The fourth-order valence-electron chi connectivity index (χ4n) is 3.53.